The number of anilines is 2. The first-order valence-electron chi connectivity index (χ1n) is 10.5. The van der Waals surface area contributed by atoms with Gasteiger partial charge in [0.25, 0.3) is 20.0 Å². The summed E-state index contributed by atoms with van der Waals surface area (Å²) < 4.78 is 57.8. The summed E-state index contributed by atoms with van der Waals surface area (Å²) in [6, 6.07) is 6.94. The molecule has 0 aliphatic rings. The van der Waals surface area contributed by atoms with Gasteiger partial charge in [-0.15, -0.1) is 0 Å². The average molecular weight is 610 g/mol. The molecule has 0 aromatic heterocycles. The van der Waals surface area contributed by atoms with Crippen molar-refractivity contribution >= 4 is 77.8 Å². The standard InChI is InChI=1S/C24H24Cl4N2O4S2/c1-11-7-13(3)23(14(4)8-11)35(31,32)29-21-17(25)19(27)22(20(28)18(21)26)30-36(33,34)24-15(5)9-12(2)10-16(24)6/h7-10,29-30H,1-6H3. The zero-order chi connectivity index (χ0) is 27.3. The first-order valence-corrected chi connectivity index (χ1v) is 15.0. The molecule has 0 saturated carbocycles. The predicted molar refractivity (Wildman–Crippen MR) is 149 cm³/mol. The van der Waals surface area contributed by atoms with Crippen LogP contribution in [-0.2, 0) is 20.0 Å². The molecule has 0 saturated heterocycles. The minimum atomic E-state index is -4.15. The smallest absolute Gasteiger partial charge is 0.262 e. The first kappa shape index (κ1) is 28.9. The molecule has 3 rings (SSSR count). The average Bonchev–Trinajstić information content (AvgIpc) is 2.71. The Labute approximate surface area is 232 Å². The Morgan fingerprint density at radius 2 is 0.722 bits per heavy atom. The van der Waals surface area contributed by atoms with Gasteiger partial charge in [0.1, 0.15) is 0 Å². The molecule has 0 amide bonds. The van der Waals surface area contributed by atoms with Gasteiger partial charge in [-0.3, -0.25) is 9.44 Å². The predicted octanol–water partition coefficient (Wildman–Crippen LogP) is 7.75. The van der Waals surface area contributed by atoms with Gasteiger partial charge in [0.2, 0.25) is 0 Å². The van der Waals surface area contributed by atoms with Crippen LogP contribution in [0.15, 0.2) is 34.1 Å². The third kappa shape index (κ3) is 5.44. The van der Waals surface area contributed by atoms with Crippen molar-refractivity contribution < 1.29 is 16.8 Å². The molecule has 3 aromatic carbocycles. The molecule has 2 N–H and O–H groups in total. The van der Waals surface area contributed by atoms with Crippen LogP contribution >= 0.6 is 46.4 Å². The van der Waals surface area contributed by atoms with E-state index < -0.39 is 20.0 Å². The van der Waals surface area contributed by atoms with Crippen LogP contribution in [0, 0.1) is 41.5 Å². The van der Waals surface area contributed by atoms with Crippen molar-refractivity contribution in [3.05, 3.63) is 77.7 Å². The highest BCUT2D eigenvalue weighted by molar-refractivity contribution is 7.93. The van der Waals surface area contributed by atoms with Gasteiger partial charge in [-0.1, -0.05) is 81.8 Å². The van der Waals surface area contributed by atoms with E-state index in [1.807, 2.05) is 13.8 Å². The molecule has 3 aromatic rings. The van der Waals surface area contributed by atoms with Gasteiger partial charge in [0, 0.05) is 0 Å². The first-order chi connectivity index (χ1) is 16.5. The highest BCUT2D eigenvalue weighted by Gasteiger charge is 2.29. The van der Waals surface area contributed by atoms with Crippen molar-refractivity contribution in [2.75, 3.05) is 9.44 Å². The van der Waals surface area contributed by atoms with Crippen molar-refractivity contribution in [1.82, 2.24) is 0 Å². The van der Waals surface area contributed by atoms with Crippen molar-refractivity contribution in [2.45, 2.75) is 51.3 Å². The Morgan fingerprint density at radius 1 is 0.500 bits per heavy atom. The number of hydrogen-bond donors (Lipinski definition) is 2. The summed E-state index contributed by atoms with van der Waals surface area (Å²) in [7, 11) is -8.30. The molecule has 0 heterocycles. The fraction of sp³-hybridized carbons (Fsp3) is 0.250. The monoisotopic (exact) mass is 608 g/mol. The Balaban J connectivity index is 2.11. The zero-order valence-electron chi connectivity index (χ0n) is 20.3. The molecule has 194 valence electrons. The number of aryl methyl sites for hydroxylation is 6. The largest absolute Gasteiger partial charge is 0.276 e. The van der Waals surface area contributed by atoms with Crippen LogP contribution in [0.1, 0.15) is 33.4 Å². The van der Waals surface area contributed by atoms with Gasteiger partial charge >= 0.3 is 0 Å². The highest BCUT2D eigenvalue weighted by Crippen LogP contribution is 2.49. The van der Waals surface area contributed by atoms with Crippen LogP contribution < -0.4 is 9.44 Å². The SMILES string of the molecule is Cc1cc(C)c(S(=O)(=O)Nc2c(Cl)c(Cl)c(NS(=O)(=O)c3c(C)cc(C)cc3C)c(Cl)c2Cl)c(C)c1. The quantitative estimate of drug-likeness (QED) is 0.279. The summed E-state index contributed by atoms with van der Waals surface area (Å²) in [5, 5.41) is -1.25. The van der Waals surface area contributed by atoms with Gasteiger partial charge < -0.3 is 0 Å². The van der Waals surface area contributed by atoms with Gasteiger partial charge in [-0.05, 0) is 63.8 Å². The molecule has 6 nitrogen and oxygen atoms in total. The molecule has 0 fully saturated rings. The summed E-state index contributed by atoms with van der Waals surface area (Å²) in [6.45, 7) is 10.4. The molecular formula is C24H24Cl4N2O4S2. The van der Waals surface area contributed by atoms with Crippen LogP contribution in [0.3, 0.4) is 0 Å². The number of rotatable bonds is 6. The van der Waals surface area contributed by atoms with E-state index in [1.165, 1.54) is 0 Å². The fourth-order valence-electron chi connectivity index (χ4n) is 4.36. The highest BCUT2D eigenvalue weighted by atomic mass is 35.5. The van der Waals surface area contributed by atoms with E-state index in [1.54, 1.807) is 52.0 Å². The maximum atomic E-state index is 13.3. The van der Waals surface area contributed by atoms with Crippen LogP contribution in [0.5, 0.6) is 0 Å². The fourth-order valence-corrected chi connectivity index (χ4v) is 8.71. The summed E-state index contributed by atoms with van der Waals surface area (Å²) in [5.74, 6) is 0. The Morgan fingerprint density at radius 3 is 0.944 bits per heavy atom. The maximum absolute atomic E-state index is 13.3. The normalized spacial score (nSPS) is 12.1. The third-order valence-corrected chi connectivity index (χ3v) is 10.5. The molecule has 0 spiro atoms. The van der Waals surface area contributed by atoms with Gasteiger partial charge in [-0.2, -0.15) is 0 Å². The molecule has 0 unspecified atom stereocenters. The number of halogens is 4. The Hall–Kier alpha value is -1.68. The van der Waals surface area contributed by atoms with Crippen molar-refractivity contribution in [1.29, 1.82) is 0 Å². The lowest BCUT2D eigenvalue weighted by Crippen LogP contribution is -2.18. The second kappa shape index (κ2) is 10.2. The van der Waals surface area contributed by atoms with Crippen molar-refractivity contribution in [2.24, 2.45) is 0 Å². The molecule has 0 bridgehead atoms. The van der Waals surface area contributed by atoms with E-state index in [0.29, 0.717) is 22.3 Å². The molecule has 12 heteroatoms. The van der Waals surface area contributed by atoms with E-state index >= 15 is 0 Å². The second-order valence-electron chi connectivity index (χ2n) is 8.67. The lowest BCUT2D eigenvalue weighted by atomic mass is 10.1. The minimum absolute atomic E-state index is 0.0579. The molecule has 0 atom stereocenters. The topological polar surface area (TPSA) is 92.3 Å². The summed E-state index contributed by atoms with van der Waals surface area (Å²) in [6.07, 6.45) is 0. The molecule has 0 radical (unpaired) electrons. The molecule has 0 aliphatic heterocycles. The molecule has 0 aliphatic carbocycles. The third-order valence-electron chi connectivity index (χ3n) is 5.48. The summed E-state index contributed by atoms with van der Waals surface area (Å²) in [5.41, 5.74) is 3.38. The molecular weight excluding hydrogens is 586 g/mol. The summed E-state index contributed by atoms with van der Waals surface area (Å²) in [4.78, 5) is 0.116. The van der Waals surface area contributed by atoms with Crippen LogP contribution in [-0.4, -0.2) is 16.8 Å². The number of nitrogens with one attached hydrogen (secondary N) is 2. The Kier molecular flexibility index (Phi) is 8.21. The zero-order valence-corrected chi connectivity index (χ0v) is 24.9. The maximum Gasteiger partial charge on any atom is 0.262 e. The van der Waals surface area contributed by atoms with Gasteiger partial charge in [0.15, 0.2) is 0 Å². The van der Waals surface area contributed by atoms with Crippen molar-refractivity contribution in [3.8, 4) is 0 Å². The van der Waals surface area contributed by atoms with E-state index in [9.17, 15) is 16.8 Å². The minimum Gasteiger partial charge on any atom is -0.276 e. The lowest BCUT2D eigenvalue weighted by Gasteiger charge is -2.20. The van der Waals surface area contributed by atoms with Crippen LogP contribution in [0.4, 0.5) is 11.4 Å². The molecule has 36 heavy (non-hydrogen) atoms. The second-order valence-corrected chi connectivity index (χ2v) is 13.4. The Bertz CT molecular complexity index is 1420. The van der Waals surface area contributed by atoms with Crippen LogP contribution in [0.25, 0.3) is 0 Å². The van der Waals surface area contributed by atoms with E-state index in [4.69, 9.17) is 46.4 Å². The van der Waals surface area contributed by atoms with Crippen LogP contribution in [0.2, 0.25) is 20.1 Å². The number of sulfonamides is 2. The van der Waals surface area contributed by atoms with Crippen molar-refractivity contribution in [3.63, 3.8) is 0 Å². The number of hydrogen-bond acceptors (Lipinski definition) is 4. The van der Waals surface area contributed by atoms with Gasteiger partial charge in [0.05, 0.1) is 41.3 Å². The summed E-state index contributed by atoms with van der Waals surface area (Å²) >= 11 is 25.6. The van der Waals surface area contributed by atoms with E-state index in [-0.39, 0.29) is 41.3 Å². The number of benzene rings is 3. The van der Waals surface area contributed by atoms with Gasteiger partial charge in [-0.25, -0.2) is 16.8 Å². The van der Waals surface area contributed by atoms with E-state index in [0.717, 1.165) is 11.1 Å². The van der Waals surface area contributed by atoms with E-state index in [2.05, 4.69) is 9.44 Å². The lowest BCUT2D eigenvalue weighted by molar-refractivity contribution is 0.598.